The second-order valence-corrected chi connectivity index (χ2v) is 8.16. The van der Waals surface area contributed by atoms with Gasteiger partial charge in [-0.2, -0.15) is 14.0 Å². The zero-order valence-electron chi connectivity index (χ0n) is 19.2. The first kappa shape index (κ1) is 27.9. The maximum absolute atomic E-state index is 13.4. The van der Waals surface area contributed by atoms with E-state index in [4.69, 9.17) is 9.59 Å². The maximum Gasteiger partial charge on any atom is 0.401 e. The summed E-state index contributed by atoms with van der Waals surface area (Å²) in [5, 5.41) is 0. The van der Waals surface area contributed by atoms with Crippen molar-refractivity contribution in [1.82, 2.24) is 14.7 Å². The maximum atomic E-state index is 13.4. The lowest BCUT2D eigenvalue weighted by molar-refractivity contribution is -0.219. The van der Waals surface area contributed by atoms with Crippen molar-refractivity contribution in [2.24, 2.45) is 0 Å². The van der Waals surface area contributed by atoms with Crippen LogP contribution < -0.4 is 0 Å². The molecule has 0 spiro atoms. The summed E-state index contributed by atoms with van der Waals surface area (Å²) in [5.74, 6) is -1.45. The first-order valence-corrected chi connectivity index (χ1v) is 11.2. The zero-order chi connectivity index (χ0) is 23.8. The van der Waals surface area contributed by atoms with Gasteiger partial charge in [-0.05, 0) is 39.7 Å². The van der Waals surface area contributed by atoms with Crippen LogP contribution in [0.4, 0.5) is 4.39 Å². The Kier molecular flexibility index (Phi) is 14.4. The SMILES string of the molecule is C1=CCCCCCC1.CC1CN2CCN(C)CCN1CC(=O)OC([18F])OC(=O)C2.O=C=O. The summed E-state index contributed by atoms with van der Waals surface area (Å²) in [7, 11) is 1.99. The number of halogens is 1. The minimum atomic E-state index is -2.33. The van der Waals surface area contributed by atoms with Gasteiger partial charge < -0.3 is 14.4 Å². The number of allylic oxidation sites excluding steroid dienone is 2. The van der Waals surface area contributed by atoms with E-state index in [9.17, 15) is 14.0 Å². The second kappa shape index (κ2) is 16.5. The number of hydrogen-bond acceptors (Lipinski definition) is 9. The van der Waals surface area contributed by atoms with Crippen molar-refractivity contribution in [3.05, 3.63) is 12.2 Å². The minimum absolute atomic E-state index is 0.00993. The second-order valence-electron chi connectivity index (χ2n) is 8.16. The van der Waals surface area contributed by atoms with E-state index in [1.54, 1.807) is 0 Å². The predicted molar refractivity (Wildman–Crippen MR) is 114 cm³/mol. The van der Waals surface area contributed by atoms with Crippen molar-refractivity contribution in [2.75, 3.05) is 52.9 Å². The Morgan fingerprint density at radius 1 is 0.906 bits per heavy atom. The summed E-state index contributed by atoms with van der Waals surface area (Å²) in [4.78, 5) is 45.6. The first-order chi connectivity index (χ1) is 15.3. The number of cyclic esters (lactones) is 2. The van der Waals surface area contributed by atoms with E-state index in [1.807, 2.05) is 23.8 Å². The van der Waals surface area contributed by atoms with E-state index in [1.165, 1.54) is 38.5 Å². The van der Waals surface area contributed by atoms with Crippen molar-refractivity contribution in [2.45, 2.75) is 58.0 Å². The van der Waals surface area contributed by atoms with Gasteiger partial charge in [0, 0.05) is 38.8 Å². The Balaban J connectivity index is 0.000000384. The lowest BCUT2D eigenvalue weighted by atomic mass is 10.1. The molecule has 2 saturated heterocycles. The van der Waals surface area contributed by atoms with E-state index in [-0.39, 0.29) is 25.3 Å². The Morgan fingerprint density at radius 2 is 1.44 bits per heavy atom. The summed E-state index contributed by atoms with van der Waals surface area (Å²) in [6, 6.07) is 0.0630. The summed E-state index contributed by atoms with van der Waals surface area (Å²) < 4.78 is 22.3. The third-order valence-corrected chi connectivity index (χ3v) is 5.50. The van der Waals surface area contributed by atoms with Gasteiger partial charge in [0.15, 0.2) is 0 Å². The van der Waals surface area contributed by atoms with Crippen LogP contribution in [0.5, 0.6) is 0 Å². The van der Waals surface area contributed by atoms with Gasteiger partial charge >= 0.3 is 24.6 Å². The Bertz CT molecular complexity index is 617. The minimum Gasteiger partial charge on any atom is -0.396 e. The highest BCUT2D eigenvalue weighted by molar-refractivity contribution is 5.73. The molecule has 182 valence electrons. The quantitative estimate of drug-likeness (QED) is 0.398. The normalized spacial score (nSPS) is 29.8. The van der Waals surface area contributed by atoms with Crippen LogP contribution >= 0.6 is 0 Å². The molecule has 2 fully saturated rings. The number of ether oxygens (including phenoxy) is 2. The van der Waals surface area contributed by atoms with Crippen molar-refractivity contribution in [3.63, 3.8) is 0 Å². The largest absolute Gasteiger partial charge is 0.401 e. The molecule has 0 amide bonds. The molecule has 2 bridgehead atoms. The van der Waals surface area contributed by atoms with E-state index in [0.717, 1.165) is 13.1 Å². The van der Waals surface area contributed by atoms with Crippen LogP contribution in [0.2, 0.25) is 0 Å². The van der Waals surface area contributed by atoms with Gasteiger partial charge in [0.25, 0.3) is 0 Å². The highest BCUT2D eigenvalue weighted by Crippen LogP contribution is 2.11. The molecule has 9 nitrogen and oxygen atoms in total. The Morgan fingerprint density at radius 3 is 2.03 bits per heavy atom. The van der Waals surface area contributed by atoms with Crippen LogP contribution in [0.3, 0.4) is 0 Å². The molecule has 2 heterocycles. The summed E-state index contributed by atoms with van der Waals surface area (Å²) in [6.45, 7) is 3.24. The molecule has 0 radical (unpaired) electrons. The molecule has 3 aliphatic rings. The summed E-state index contributed by atoms with van der Waals surface area (Å²) in [6.07, 6.45) is 13.3. The molecule has 0 aromatic carbocycles. The van der Waals surface area contributed by atoms with E-state index < -0.39 is 18.5 Å². The molecule has 1 aliphatic carbocycles. The van der Waals surface area contributed by atoms with Crippen LogP contribution in [0.15, 0.2) is 12.2 Å². The third-order valence-electron chi connectivity index (χ3n) is 5.50. The molecule has 2 aliphatic heterocycles. The van der Waals surface area contributed by atoms with Gasteiger partial charge in [0.05, 0.1) is 13.1 Å². The highest BCUT2D eigenvalue weighted by Gasteiger charge is 2.28. The lowest BCUT2D eigenvalue weighted by Crippen LogP contribution is -2.46. The van der Waals surface area contributed by atoms with Gasteiger partial charge in [-0.25, -0.2) is 0 Å². The number of hydrogen-bond donors (Lipinski definition) is 0. The molecular formula is C22H36FN3O6. The fraction of sp³-hybridized carbons (Fsp3) is 0.773. The molecular weight excluding hydrogens is 420 g/mol. The zero-order valence-corrected chi connectivity index (χ0v) is 19.2. The molecule has 32 heavy (non-hydrogen) atoms. The van der Waals surface area contributed by atoms with Gasteiger partial charge in [0.1, 0.15) is 0 Å². The van der Waals surface area contributed by atoms with Gasteiger partial charge in [-0.15, -0.1) is 0 Å². The van der Waals surface area contributed by atoms with Crippen LogP contribution in [-0.2, 0) is 28.7 Å². The third kappa shape index (κ3) is 12.7. The standard InChI is InChI=1S/C13H22FN3O4.C8H14.CO2/c1-10-7-16-5-3-15(2)4-6-17(10)9-12(19)21-13(14)20-11(18)8-16;1-2-4-6-8-7-5-3-1;2-1-3/h10,13H,3-9H2,1-2H3;1-2H,3-8H2;/i14-1;;. The average molecular weight is 457 g/mol. The molecule has 4 unspecified atom stereocenters. The molecule has 0 saturated carbocycles. The molecule has 0 aromatic rings. The monoisotopic (exact) mass is 456 g/mol. The predicted octanol–water partition coefficient (Wildman–Crippen LogP) is 1.59. The molecule has 4 atom stereocenters. The Labute approximate surface area is 189 Å². The van der Waals surface area contributed by atoms with Crippen molar-refractivity contribution in [3.8, 4) is 0 Å². The van der Waals surface area contributed by atoms with Gasteiger partial charge in [-0.3, -0.25) is 19.4 Å². The van der Waals surface area contributed by atoms with Gasteiger partial charge in [0.2, 0.25) is 0 Å². The van der Waals surface area contributed by atoms with E-state index in [2.05, 4.69) is 26.5 Å². The number of carbonyl (C=O) groups is 2. The highest BCUT2D eigenvalue weighted by atomic mass is 18.2. The molecule has 0 N–H and O–H groups in total. The van der Waals surface area contributed by atoms with Crippen molar-refractivity contribution in [1.29, 1.82) is 0 Å². The van der Waals surface area contributed by atoms with Crippen LogP contribution in [-0.4, -0.2) is 98.2 Å². The number of likely N-dealkylation sites (N-methyl/N-ethyl adjacent to an activating group) is 1. The lowest BCUT2D eigenvalue weighted by Gasteiger charge is -2.30. The fourth-order valence-corrected chi connectivity index (χ4v) is 3.67. The van der Waals surface area contributed by atoms with Crippen LogP contribution in [0.1, 0.15) is 45.4 Å². The number of nitrogens with zero attached hydrogens (tertiary/aromatic N) is 3. The first-order valence-electron chi connectivity index (χ1n) is 11.2. The fourth-order valence-electron chi connectivity index (χ4n) is 3.67. The molecule has 0 aromatic heterocycles. The number of rotatable bonds is 0. The van der Waals surface area contributed by atoms with Crippen molar-refractivity contribution < 1.29 is 33.0 Å². The molecule has 10 heteroatoms. The van der Waals surface area contributed by atoms with Gasteiger partial charge in [-0.1, -0.05) is 25.0 Å². The number of alkyl halides is 1. The summed E-state index contributed by atoms with van der Waals surface area (Å²) in [5.41, 5.74) is 0. The summed E-state index contributed by atoms with van der Waals surface area (Å²) >= 11 is 0. The smallest absolute Gasteiger partial charge is 0.396 e. The van der Waals surface area contributed by atoms with Crippen LogP contribution in [0, 0.1) is 0 Å². The number of esters is 2. The average Bonchev–Trinajstić information content (AvgIpc) is 2.73. The Hall–Kier alpha value is -2.13. The molecule has 3 rings (SSSR count). The number of carbonyl (C=O) groups excluding carboxylic acids is 4. The van der Waals surface area contributed by atoms with E-state index in [0.29, 0.717) is 19.6 Å². The van der Waals surface area contributed by atoms with Crippen molar-refractivity contribution >= 4 is 18.1 Å². The topological polar surface area (TPSA) is 96.5 Å². The number of fused-ring (bicyclic) bond motifs is 3. The van der Waals surface area contributed by atoms with E-state index >= 15 is 0 Å². The van der Waals surface area contributed by atoms with Crippen LogP contribution in [0.25, 0.3) is 0 Å².